The SMILES string of the molecule is CC(C)CC[C@H](C=O)[C@@H](C)[C@H]1[C@@H](C=O)C[C@H]2[C@@H]3CC=C4C[C@@H](O)CC[C@]4(C)[C@H]3CC[C@]12C. The van der Waals surface area contributed by atoms with Crippen molar-refractivity contribution in [2.45, 2.75) is 98.5 Å². The summed E-state index contributed by atoms with van der Waals surface area (Å²) in [5.41, 5.74) is 1.89. The van der Waals surface area contributed by atoms with Crippen LogP contribution in [0.4, 0.5) is 0 Å². The Kier molecular flexibility index (Phi) is 6.80. The summed E-state index contributed by atoms with van der Waals surface area (Å²) in [6, 6.07) is 0. The summed E-state index contributed by atoms with van der Waals surface area (Å²) in [6.45, 7) is 11.7. The third-order valence-electron chi connectivity index (χ3n) is 10.9. The van der Waals surface area contributed by atoms with Gasteiger partial charge >= 0.3 is 0 Å². The van der Waals surface area contributed by atoms with Crippen molar-refractivity contribution in [1.82, 2.24) is 0 Å². The lowest BCUT2D eigenvalue weighted by molar-refractivity contribution is -0.119. The molecule has 4 rings (SSSR count). The predicted octanol–water partition coefficient (Wildman–Crippen LogP) is 6.24. The Labute approximate surface area is 195 Å². The standard InChI is InChI=1S/C29H46O3/c1-18(2)6-7-20(16-30)19(3)27-21(17-31)14-26-24-9-8-22-15-23(32)10-12-28(22,4)25(24)11-13-29(26,27)5/h8,16-21,23-27,32H,6-7,9-15H2,1-5H3/t19-,20-,21-,23+,24-,25+,26+,27+,28+,29+/m1/s1. The van der Waals surface area contributed by atoms with Crippen LogP contribution in [-0.4, -0.2) is 23.8 Å². The number of rotatable bonds is 7. The van der Waals surface area contributed by atoms with Gasteiger partial charge in [0.25, 0.3) is 0 Å². The molecule has 0 aromatic carbocycles. The number of hydrogen-bond acceptors (Lipinski definition) is 3. The van der Waals surface area contributed by atoms with Gasteiger partial charge < -0.3 is 14.7 Å². The molecule has 0 bridgehead atoms. The third kappa shape index (κ3) is 3.85. The molecule has 0 unspecified atom stereocenters. The smallest absolute Gasteiger partial charge is 0.123 e. The highest BCUT2D eigenvalue weighted by Crippen LogP contribution is 2.68. The molecule has 3 nitrogen and oxygen atoms in total. The molecule has 4 aliphatic rings. The van der Waals surface area contributed by atoms with Crippen LogP contribution >= 0.6 is 0 Å². The minimum absolute atomic E-state index is 0.0633. The van der Waals surface area contributed by atoms with E-state index in [0.717, 1.165) is 44.9 Å². The van der Waals surface area contributed by atoms with Gasteiger partial charge in [0.05, 0.1) is 6.10 Å². The van der Waals surface area contributed by atoms with Crippen molar-refractivity contribution < 1.29 is 14.7 Å². The molecule has 0 aliphatic heterocycles. The minimum atomic E-state index is -0.165. The molecule has 10 atom stereocenters. The predicted molar refractivity (Wildman–Crippen MR) is 129 cm³/mol. The van der Waals surface area contributed by atoms with E-state index in [1.165, 1.54) is 31.0 Å². The number of carbonyl (C=O) groups is 2. The number of allylic oxidation sites excluding steroid dienone is 1. The molecule has 0 aromatic rings. The van der Waals surface area contributed by atoms with Gasteiger partial charge in [0.15, 0.2) is 0 Å². The van der Waals surface area contributed by atoms with Crippen molar-refractivity contribution in [3.05, 3.63) is 11.6 Å². The van der Waals surface area contributed by atoms with E-state index in [9.17, 15) is 14.7 Å². The zero-order valence-electron chi connectivity index (χ0n) is 21.1. The summed E-state index contributed by atoms with van der Waals surface area (Å²) in [5, 5.41) is 10.3. The number of aliphatic hydroxyl groups excluding tert-OH is 1. The van der Waals surface area contributed by atoms with Gasteiger partial charge in [-0.25, -0.2) is 0 Å². The van der Waals surface area contributed by atoms with E-state index in [1.54, 1.807) is 0 Å². The Morgan fingerprint density at radius 2 is 1.84 bits per heavy atom. The number of fused-ring (bicyclic) bond motifs is 5. The highest BCUT2D eigenvalue weighted by atomic mass is 16.3. The molecule has 1 N–H and O–H groups in total. The van der Waals surface area contributed by atoms with E-state index in [2.05, 4.69) is 40.7 Å². The number of hydrogen-bond donors (Lipinski definition) is 1. The highest BCUT2D eigenvalue weighted by molar-refractivity contribution is 5.57. The summed E-state index contributed by atoms with van der Waals surface area (Å²) in [5.74, 6) is 3.23. The van der Waals surface area contributed by atoms with Gasteiger partial charge in [0, 0.05) is 11.8 Å². The molecule has 3 fully saturated rings. The molecular formula is C29H46O3. The van der Waals surface area contributed by atoms with Crippen LogP contribution in [0.5, 0.6) is 0 Å². The lowest BCUT2D eigenvalue weighted by Gasteiger charge is -2.58. The van der Waals surface area contributed by atoms with E-state index in [1.807, 2.05) is 0 Å². The van der Waals surface area contributed by atoms with E-state index in [4.69, 9.17) is 0 Å². The fourth-order valence-electron chi connectivity index (χ4n) is 9.15. The topological polar surface area (TPSA) is 54.4 Å². The van der Waals surface area contributed by atoms with Gasteiger partial charge in [-0.2, -0.15) is 0 Å². The fraction of sp³-hybridized carbons (Fsp3) is 0.862. The van der Waals surface area contributed by atoms with Gasteiger partial charge in [-0.1, -0.05) is 52.7 Å². The lowest BCUT2D eigenvalue weighted by atomic mass is 9.46. The van der Waals surface area contributed by atoms with Crippen LogP contribution in [0.2, 0.25) is 0 Å². The van der Waals surface area contributed by atoms with Gasteiger partial charge in [-0.3, -0.25) is 0 Å². The molecule has 0 amide bonds. The van der Waals surface area contributed by atoms with Gasteiger partial charge in [0.2, 0.25) is 0 Å². The van der Waals surface area contributed by atoms with Crippen molar-refractivity contribution in [2.75, 3.05) is 0 Å². The van der Waals surface area contributed by atoms with Crippen LogP contribution in [0.25, 0.3) is 0 Å². The Hall–Kier alpha value is -0.960. The van der Waals surface area contributed by atoms with Crippen LogP contribution in [0.1, 0.15) is 92.4 Å². The molecule has 3 heteroatoms. The molecule has 32 heavy (non-hydrogen) atoms. The van der Waals surface area contributed by atoms with Gasteiger partial charge in [-0.15, -0.1) is 0 Å². The highest BCUT2D eigenvalue weighted by Gasteiger charge is 2.62. The molecular weight excluding hydrogens is 396 g/mol. The summed E-state index contributed by atoms with van der Waals surface area (Å²) in [7, 11) is 0. The summed E-state index contributed by atoms with van der Waals surface area (Å²) in [4.78, 5) is 24.5. The first-order valence-corrected chi connectivity index (χ1v) is 13.4. The van der Waals surface area contributed by atoms with Crippen LogP contribution in [0.3, 0.4) is 0 Å². The number of aliphatic hydroxyl groups is 1. The summed E-state index contributed by atoms with van der Waals surface area (Å²) in [6.07, 6.45) is 14.2. The molecule has 0 radical (unpaired) electrons. The van der Waals surface area contributed by atoms with Crippen LogP contribution in [-0.2, 0) is 9.59 Å². The summed E-state index contributed by atoms with van der Waals surface area (Å²) >= 11 is 0. The van der Waals surface area contributed by atoms with Gasteiger partial charge in [-0.05, 0) is 97.7 Å². The maximum Gasteiger partial charge on any atom is 0.123 e. The van der Waals surface area contributed by atoms with Crippen molar-refractivity contribution >= 4 is 12.6 Å². The molecule has 0 spiro atoms. The lowest BCUT2D eigenvalue weighted by Crippen LogP contribution is -2.51. The second-order valence-electron chi connectivity index (χ2n) is 12.9. The van der Waals surface area contributed by atoms with E-state index >= 15 is 0 Å². The van der Waals surface area contributed by atoms with Crippen molar-refractivity contribution in [3.63, 3.8) is 0 Å². The normalized spacial score (nSPS) is 45.3. The molecule has 0 aromatic heterocycles. The maximum absolute atomic E-state index is 12.3. The monoisotopic (exact) mass is 442 g/mol. The Morgan fingerprint density at radius 1 is 1.09 bits per heavy atom. The molecule has 0 saturated heterocycles. The van der Waals surface area contributed by atoms with Crippen LogP contribution in [0.15, 0.2) is 11.6 Å². The second kappa shape index (κ2) is 9.01. The zero-order valence-corrected chi connectivity index (χ0v) is 21.1. The van der Waals surface area contributed by atoms with Gasteiger partial charge in [0.1, 0.15) is 12.6 Å². The quantitative estimate of drug-likeness (QED) is 0.375. The maximum atomic E-state index is 12.3. The van der Waals surface area contributed by atoms with E-state index in [-0.39, 0.29) is 34.7 Å². The summed E-state index contributed by atoms with van der Waals surface area (Å²) < 4.78 is 0. The largest absolute Gasteiger partial charge is 0.393 e. The van der Waals surface area contributed by atoms with Crippen molar-refractivity contribution in [2.24, 2.45) is 58.2 Å². The molecule has 0 heterocycles. The Morgan fingerprint density at radius 3 is 2.50 bits per heavy atom. The third-order valence-corrected chi connectivity index (χ3v) is 10.9. The zero-order chi connectivity index (χ0) is 23.3. The van der Waals surface area contributed by atoms with Crippen molar-refractivity contribution in [1.29, 1.82) is 0 Å². The molecule has 180 valence electrons. The Balaban J connectivity index is 1.61. The van der Waals surface area contributed by atoms with E-state index < -0.39 is 0 Å². The van der Waals surface area contributed by atoms with Crippen molar-refractivity contribution in [3.8, 4) is 0 Å². The molecule has 3 saturated carbocycles. The minimum Gasteiger partial charge on any atom is -0.393 e. The average molecular weight is 443 g/mol. The fourth-order valence-corrected chi connectivity index (χ4v) is 9.15. The Bertz CT molecular complexity index is 741. The van der Waals surface area contributed by atoms with Crippen LogP contribution in [0, 0.1) is 58.2 Å². The first-order chi connectivity index (χ1) is 15.2. The second-order valence-corrected chi connectivity index (χ2v) is 12.9. The average Bonchev–Trinajstić information content (AvgIpc) is 3.06. The van der Waals surface area contributed by atoms with E-state index in [0.29, 0.717) is 29.6 Å². The number of aldehydes is 2. The first-order valence-electron chi connectivity index (χ1n) is 13.4. The first kappa shape index (κ1) is 24.2. The van der Waals surface area contributed by atoms with Crippen LogP contribution < -0.4 is 0 Å². The number of carbonyl (C=O) groups excluding carboxylic acids is 2. The molecule has 4 aliphatic carbocycles.